The van der Waals surface area contributed by atoms with Gasteiger partial charge in [-0.25, -0.2) is 15.0 Å². The third-order valence-corrected chi connectivity index (χ3v) is 6.47. The van der Waals surface area contributed by atoms with Crippen LogP contribution in [0.5, 0.6) is 0 Å². The quantitative estimate of drug-likeness (QED) is 0.851. The fourth-order valence-corrected chi connectivity index (χ4v) is 4.71. The molecule has 8 heteroatoms. The van der Waals surface area contributed by atoms with Crippen LogP contribution in [-0.4, -0.2) is 61.2 Å². The molecule has 2 aromatic rings. The van der Waals surface area contributed by atoms with Crippen LogP contribution < -0.4 is 0 Å². The number of imidazole rings is 1. The van der Waals surface area contributed by atoms with Crippen molar-refractivity contribution in [3.63, 3.8) is 0 Å². The van der Waals surface area contributed by atoms with Crippen molar-refractivity contribution >= 4 is 11.8 Å². The first-order valence-corrected chi connectivity index (χ1v) is 10.0. The minimum Gasteiger partial charge on any atom is -0.348 e. The van der Waals surface area contributed by atoms with E-state index < -0.39 is 5.54 Å². The summed E-state index contributed by atoms with van der Waals surface area (Å²) in [6.07, 6.45) is 9.01. The van der Waals surface area contributed by atoms with Gasteiger partial charge in [0, 0.05) is 43.9 Å². The van der Waals surface area contributed by atoms with Crippen molar-refractivity contribution < 1.29 is 9.59 Å². The zero-order chi connectivity index (χ0) is 19.3. The molecular formula is C20H24N6O2. The lowest BCUT2D eigenvalue weighted by molar-refractivity contribution is -0.143. The number of aromatic nitrogens is 4. The summed E-state index contributed by atoms with van der Waals surface area (Å²) in [5.41, 5.74) is 2.98. The van der Waals surface area contributed by atoms with Gasteiger partial charge in [-0.1, -0.05) is 0 Å². The maximum atomic E-state index is 13.0. The summed E-state index contributed by atoms with van der Waals surface area (Å²) in [6.45, 7) is 3.74. The number of carbonyl (C=O) groups excluding carboxylic acids is 2. The highest BCUT2D eigenvalue weighted by atomic mass is 16.2. The third-order valence-electron chi connectivity index (χ3n) is 6.47. The number of fused-ring (bicyclic) bond motifs is 2. The minimum absolute atomic E-state index is 0.0360. The lowest BCUT2D eigenvalue weighted by Crippen LogP contribution is -2.59. The number of nitrogens with zero attached hydrogens (tertiary/aromatic N) is 5. The summed E-state index contributed by atoms with van der Waals surface area (Å²) in [5, 5.41) is 0. The van der Waals surface area contributed by atoms with Crippen LogP contribution in [0.4, 0.5) is 0 Å². The Morgan fingerprint density at radius 1 is 1.18 bits per heavy atom. The number of aryl methyl sites for hydroxylation is 1. The third kappa shape index (κ3) is 2.62. The van der Waals surface area contributed by atoms with E-state index >= 15 is 0 Å². The van der Waals surface area contributed by atoms with Crippen LogP contribution in [0.1, 0.15) is 53.1 Å². The lowest BCUT2D eigenvalue weighted by Gasteiger charge is -2.50. The molecule has 1 saturated heterocycles. The summed E-state index contributed by atoms with van der Waals surface area (Å²) >= 11 is 0. The first-order valence-electron chi connectivity index (χ1n) is 10.0. The highest BCUT2D eigenvalue weighted by molar-refractivity contribution is 5.95. The molecule has 2 fully saturated rings. The molecule has 5 rings (SSSR count). The first kappa shape index (κ1) is 17.3. The lowest BCUT2D eigenvalue weighted by atomic mass is 9.78. The van der Waals surface area contributed by atoms with E-state index in [1.54, 1.807) is 12.5 Å². The average Bonchev–Trinajstić information content (AvgIpc) is 3.45. The van der Waals surface area contributed by atoms with Crippen molar-refractivity contribution in [1.29, 1.82) is 0 Å². The number of piperidine rings is 1. The van der Waals surface area contributed by atoms with Gasteiger partial charge < -0.3 is 14.8 Å². The van der Waals surface area contributed by atoms with Crippen LogP contribution in [0.3, 0.4) is 0 Å². The molecular weight excluding hydrogens is 356 g/mol. The van der Waals surface area contributed by atoms with Crippen LogP contribution >= 0.6 is 0 Å². The molecule has 1 aliphatic carbocycles. The number of rotatable bonds is 2. The van der Waals surface area contributed by atoms with Crippen molar-refractivity contribution in [1.82, 2.24) is 29.7 Å². The molecule has 1 N–H and O–H groups in total. The molecule has 0 unspecified atom stereocenters. The van der Waals surface area contributed by atoms with Gasteiger partial charge in [0.2, 0.25) is 5.91 Å². The second kappa shape index (κ2) is 6.39. The molecule has 8 nitrogen and oxygen atoms in total. The van der Waals surface area contributed by atoms with E-state index in [1.165, 1.54) is 6.33 Å². The van der Waals surface area contributed by atoms with Gasteiger partial charge in [-0.05, 0) is 32.6 Å². The number of hydrogen-bond donors (Lipinski definition) is 1. The van der Waals surface area contributed by atoms with Gasteiger partial charge in [0.15, 0.2) is 0 Å². The molecule has 28 heavy (non-hydrogen) atoms. The number of hydrogen-bond acceptors (Lipinski definition) is 5. The number of likely N-dealkylation sites (tertiary alicyclic amines) is 1. The minimum atomic E-state index is -0.397. The van der Waals surface area contributed by atoms with E-state index in [2.05, 4.69) is 24.8 Å². The van der Waals surface area contributed by atoms with Gasteiger partial charge in [-0.2, -0.15) is 0 Å². The highest BCUT2D eigenvalue weighted by Gasteiger charge is 2.51. The summed E-state index contributed by atoms with van der Waals surface area (Å²) < 4.78 is 0. The molecule has 2 aliphatic heterocycles. The summed E-state index contributed by atoms with van der Waals surface area (Å²) in [4.78, 5) is 45.9. The topological polar surface area (TPSA) is 95.1 Å². The number of H-pyrrole nitrogens is 1. The molecule has 0 atom stereocenters. The molecule has 3 aliphatic rings. The average molecular weight is 380 g/mol. The number of carbonyl (C=O) groups is 2. The second-order valence-corrected chi connectivity index (χ2v) is 8.09. The van der Waals surface area contributed by atoms with E-state index in [-0.39, 0.29) is 17.7 Å². The van der Waals surface area contributed by atoms with Crippen LogP contribution in [0, 0.1) is 12.8 Å². The van der Waals surface area contributed by atoms with Crippen molar-refractivity contribution in [3.8, 4) is 0 Å². The van der Waals surface area contributed by atoms with Gasteiger partial charge >= 0.3 is 0 Å². The van der Waals surface area contributed by atoms with Crippen molar-refractivity contribution in [2.24, 2.45) is 5.92 Å². The molecule has 2 amide bonds. The maximum Gasteiger partial charge on any atom is 0.257 e. The van der Waals surface area contributed by atoms with Gasteiger partial charge in [-0.15, -0.1) is 0 Å². The van der Waals surface area contributed by atoms with Crippen LogP contribution in [0.15, 0.2) is 18.9 Å². The van der Waals surface area contributed by atoms with E-state index in [1.807, 2.05) is 11.8 Å². The van der Waals surface area contributed by atoms with Crippen molar-refractivity contribution in [2.45, 2.75) is 44.6 Å². The Bertz CT molecular complexity index is 926. The number of nitrogens with one attached hydrogen (secondary N) is 1. The summed E-state index contributed by atoms with van der Waals surface area (Å²) in [5.74, 6) is 0.410. The molecule has 2 aromatic heterocycles. The Labute approximate surface area is 163 Å². The molecule has 0 aromatic carbocycles. The van der Waals surface area contributed by atoms with Crippen LogP contribution in [0.25, 0.3) is 0 Å². The number of aromatic amines is 1. The zero-order valence-corrected chi connectivity index (χ0v) is 16.0. The van der Waals surface area contributed by atoms with Crippen molar-refractivity contribution in [3.05, 3.63) is 41.5 Å². The molecule has 0 bridgehead atoms. The van der Waals surface area contributed by atoms with Crippen LogP contribution in [0.2, 0.25) is 0 Å². The highest BCUT2D eigenvalue weighted by Crippen LogP contribution is 2.45. The second-order valence-electron chi connectivity index (χ2n) is 8.09. The largest absolute Gasteiger partial charge is 0.348 e. The fraction of sp³-hybridized carbons (Fsp3) is 0.550. The Morgan fingerprint density at radius 2 is 1.96 bits per heavy atom. The molecule has 0 radical (unpaired) electrons. The van der Waals surface area contributed by atoms with Crippen LogP contribution in [-0.2, 0) is 16.8 Å². The molecule has 1 saturated carbocycles. The Kier molecular flexibility index (Phi) is 3.96. The zero-order valence-electron chi connectivity index (χ0n) is 16.0. The summed E-state index contributed by atoms with van der Waals surface area (Å²) in [6, 6.07) is 0. The molecule has 146 valence electrons. The fourth-order valence-electron chi connectivity index (χ4n) is 4.71. The smallest absolute Gasteiger partial charge is 0.257 e. The molecule has 4 heterocycles. The van der Waals surface area contributed by atoms with Crippen molar-refractivity contribution in [2.75, 3.05) is 19.6 Å². The Balaban J connectivity index is 1.42. The standard InChI is InChI=1S/C20H24N6O2/c1-13-15(10-21-11-22-13)19(28)25-8-5-20(6-9-25)17-16(23-12-24-17)4-7-26(20)18(27)14-2-3-14/h10-12,14H,2-9H2,1H3,(H,23,24). The Hall–Kier alpha value is -2.77. The maximum absolute atomic E-state index is 13.0. The van der Waals surface area contributed by atoms with Gasteiger partial charge in [0.25, 0.3) is 5.91 Å². The normalized spacial score (nSPS) is 20.9. The van der Waals surface area contributed by atoms with Gasteiger partial charge in [0.1, 0.15) is 6.33 Å². The SMILES string of the molecule is Cc1ncncc1C(=O)N1CCC2(CC1)c1nc[nH]c1CCN2C(=O)C1CC1. The first-order chi connectivity index (χ1) is 13.6. The predicted molar refractivity (Wildman–Crippen MR) is 100 cm³/mol. The summed E-state index contributed by atoms with van der Waals surface area (Å²) in [7, 11) is 0. The van der Waals surface area contributed by atoms with Gasteiger partial charge in [0.05, 0.1) is 28.8 Å². The van der Waals surface area contributed by atoms with E-state index in [9.17, 15) is 9.59 Å². The monoisotopic (exact) mass is 380 g/mol. The Morgan fingerprint density at radius 3 is 2.68 bits per heavy atom. The van der Waals surface area contributed by atoms with E-state index in [0.717, 1.165) is 37.2 Å². The predicted octanol–water partition coefficient (Wildman–Crippen LogP) is 1.43. The number of amides is 2. The van der Waals surface area contributed by atoms with E-state index in [0.29, 0.717) is 37.2 Å². The van der Waals surface area contributed by atoms with E-state index in [4.69, 9.17) is 0 Å². The van der Waals surface area contributed by atoms with Gasteiger partial charge in [-0.3, -0.25) is 9.59 Å². The molecule has 1 spiro atoms.